The first kappa shape index (κ1) is 20.5. The normalized spacial score (nSPS) is 11.3. The smallest absolute Gasteiger partial charge is 0.322 e. The van der Waals surface area contributed by atoms with Gasteiger partial charge in [-0.1, -0.05) is 11.2 Å². The molecule has 0 aliphatic rings. The number of rotatable bonds is 7. The molecule has 1 amide bonds. The highest BCUT2D eigenvalue weighted by atomic mass is 32.2. The molecule has 0 fully saturated rings. The Morgan fingerprint density at radius 2 is 1.79 bits per heavy atom. The molecule has 0 bridgehead atoms. The summed E-state index contributed by atoms with van der Waals surface area (Å²) >= 11 is 0. The van der Waals surface area contributed by atoms with Crippen molar-refractivity contribution >= 4 is 21.8 Å². The van der Waals surface area contributed by atoms with Crippen molar-refractivity contribution in [3.63, 3.8) is 0 Å². The molecule has 152 valence electrons. The highest BCUT2D eigenvalue weighted by Gasteiger charge is 2.18. The van der Waals surface area contributed by atoms with Crippen molar-refractivity contribution < 1.29 is 22.4 Å². The van der Waals surface area contributed by atoms with Gasteiger partial charge in [-0.05, 0) is 61.4 Å². The van der Waals surface area contributed by atoms with E-state index in [0.29, 0.717) is 5.75 Å². The molecular formula is C20H21N3O5S. The van der Waals surface area contributed by atoms with Crippen molar-refractivity contribution in [2.45, 2.75) is 25.2 Å². The van der Waals surface area contributed by atoms with Gasteiger partial charge in [-0.2, -0.15) is 0 Å². The fourth-order valence-electron chi connectivity index (χ4n) is 2.57. The number of aryl methyl sites for hydroxylation is 2. The number of nitrogens with zero attached hydrogens (tertiary/aromatic N) is 2. The van der Waals surface area contributed by atoms with Crippen molar-refractivity contribution in [3.8, 4) is 17.2 Å². The lowest BCUT2D eigenvalue weighted by atomic mass is 10.1. The number of hydrogen-bond acceptors (Lipinski definition) is 7. The Kier molecular flexibility index (Phi) is 5.97. The van der Waals surface area contributed by atoms with Crippen LogP contribution in [-0.2, 0) is 14.6 Å². The summed E-state index contributed by atoms with van der Waals surface area (Å²) in [5.41, 5.74) is 2.96. The number of amides is 1. The molecule has 1 aromatic heterocycles. The third-order valence-electron chi connectivity index (χ3n) is 4.44. The van der Waals surface area contributed by atoms with Crippen LogP contribution in [-0.4, -0.2) is 37.4 Å². The van der Waals surface area contributed by atoms with Crippen LogP contribution in [0.1, 0.15) is 17.5 Å². The summed E-state index contributed by atoms with van der Waals surface area (Å²) < 4.78 is 35.2. The number of carbonyl (C=O) groups is 1. The molecule has 0 saturated carbocycles. The molecule has 29 heavy (non-hydrogen) atoms. The van der Waals surface area contributed by atoms with Crippen LogP contribution in [0.4, 0.5) is 6.01 Å². The van der Waals surface area contributed by atoms with Crippen LogP contribution in [0.15, 0.2) is 51.8 Å². The molecule has 1 N–H and O–H groups in total. The second-order valence-corrected chi connectivity index (χ2v) is 8.61. The van der Waals surface area contributed by atoms with Crippen LogP contribution < -0.4 is 10.1 Å². The van der Waals surface area contributed by atoms with E-state index in [1.807, 2.05) is 32.0 Å². The van der Waals surface area contributed by atoms with Gasteiger partial charge in [0.05, 0.1) is 17.8 Å². The second-order valence-electron chi connectivity index (χ2n) is 6.50. The van der Waals surface area contributed by atoms with Crippen molar-refractivity contribution in [2.24, 2.45) is 0 Å². The number of ether oxygens (including phenoxy) is 1. The van der Waals surface area contributed by atoms with Gasteiger partial charge in [0.25, 0.3) is 0 Å². The number of aromatic nitrogens is 2. The van der Waals surface area contributed by atoms with E-state index < -0.39 is 15.7 Å². The molecule has 0 atom stereocenters. The van der Waals surface area contributed by atoms with Crippen molar-refractivity contribution in [1.29, 1.82) is 0 Å². The maximum Gasteiger partial charge on any atom is 0.322 e. The van der Waals surface area contributed by atoms with Crippen molar-refractivity contribution in [3.05, 3.63) is 53.6 Å². The van der Waals surface area contributed by atoms with E-state index in [1.54, 1.807) is 12.1 Å². The van der Waals surface area contributed by atoms with Gasteiger partial charge >= 0.3 is 6.01 Å². The number of methoxy groups -OCH3 is 1. The van der Waals surface area contributed by atoms with Gasteiger partial charge in [0.2, 0.25) is 11.8 Å². The number of nitrogens with one attached hydrogen (secondary N) is 1. The minimum absolute atomic E-state index is 0.0786. The number of benzene rings is 2. The summed E-state index contributed by atoms with van der Waals surface area (Å²) in [7, 11) is -2.11. The summed E-state index contributed by atoms with van der Waals surface area (Å²) in [4.78, 5) is 12.2. The third-order valence-corrected chi connectivity index (χ3v) is 6.17. The Morgan fingerprint density at radius 1 is 1.07 bits per heavy atom. The third kappa shape index (κ3) is 5.00. The molecule has 2 aromatic carbocycles. The van der Waals surface area contributed by atoms with Gasteiger partial charge in [-0.25, -0.2) is 8.42 Å². The number of carbonyl (C=O) groups excluding carboxylic acids is 1. The second kappa shape index (κ2) is 8.44. The molecule has 0 aliphatic carbocycles. The zero-order valence-electron chi connectivity index (χ0n) is 16.3. The average Bonchev–Trinajstić information content (AvgIpc) is 3.17. The Balaban J connectivity index is 1.60. The van der Waals surface area contributed by atoms with Crippen LogP contribution in [0, 0.1) is 13.8 Å². The fraction of sp³-hybridized carbons (Fsp3) is 0.250. The molecule has 0 radical (unpaired) electrons. The van der Waals surface area contributed by atoms with Crippen LogP contribution in [0.2, 0.25) is 0 Å². The molecule has 0 saturated heterocycles. The molecule has 3 rings (SSSR count). The van der Waals surface area contributed by atoms with E-state index in [9.17, 15) is 13.2 Å². The van der Waals surface area contributed by atoms with Gasteiger partial charge < -0.3 is 9.15 Å². The van der Waals surface area contributed by atoms with E-state index in [2.05, 4.69) is 15.5 Å². The van der Waals surface area contributed by atoms with Crippen LogP contribution in [0.25, 0.3) is 11.5 Å². The molecule has 9 heteroatoms. The van der Waals surface area contributed by atoms with E-state index in [4.69, 9.17) is 9.15 Å². The lowest BCUT2D eigenvalue weighted by Gasteiger charge is -2.05. The summed E-state index contributed by atoms with van der Waals surface area (Å²) in [6.45, 7) is 3.97. The minimum atomic E-state index is -3.60. The molecule has 0 spiro atoms. The quantitative estimate of drug-likeness (QED) is 0.631. The lowest BCUT2D eigenvalue weighted by molar-refractivity contribution is -0.115. The summed E-state index contributed by atoms with van der Waals surface area (Å²) in [5, 5.41) is 10.2. The highest BCUT2D eigenvalue weighted by molar-refractivity contribution is 7.91. The largest absolute Gasteiger partial charge is 0.497 e. The van der Waals surface area contributed by atoms with Crippen LogP contribution >= 0.6 is 0 Å². The number of hydrogen-bond donors (Lipinski definition) is 1. The summed E-state index contributed by atoms with van der Waals surface area (Å²) in [5.74, 6) is -0.0483. The Bertz CT molecular complexity index is 1120. The Labute approximate surface area is 168 Å². The Morgan fingerprint density at radius 3 is 2.45 bits per heavy atom. The monoisotopic (exact) mass is 415 g/mol. The highest BCUT2D eigenvalue weighted by Crippen LogP contribution is 2.22. The zero-order chi connectivity index (χ0) is 21.0. The first-order valence-corrected chi connectivity index (χ1v) is 10.5. The van der Waals surface area contributed by atoms with Gasteiger partial charge in [0.15, 0.2) is 9.84 Å². The predicted octanol–water partition coefficient (Wildman–Crippen LogP) is 3.16. The zero-order valence-corrected chi connectivity index (χ0v) is 17.1. The molecule has 0 aliphatic heterocycles. The fourth-order valence-corrected chi connectivity index (χ4v) is 3.82. The first-order valence-electron chi connectivity index (χ1n) is 8.86. The van der Waals surface area contributed by atoms with Gasteiger partial charge in [-0.3, -0.25) is 10.1 Å². The van der Waals surface area contributed by atoms with Crippen LogP contribution in [0.3, 0.4) is 0 Å². The SMILES string of the molecule is COc1ccc(S(=O)(=O)CCC(=O)Nc2nnc(-c3ccc(C)c(C)c3)o2)cc1. The first-order chi connectivity index (χ1) is 13.8. The summed E-state index contributed by atoms with van der Waals surface area (Å²) in [6.07, 6.45) is -0.240. The van der Waals surface area contributed by atoms with E-state index in [1.165, 1.54) is 19.2 Å². The number of anilines is 1. The molecule has 8 nitrogen and oxygen atoms in total. The van der Waals surface area contributed by atoms with Gasteiger partial charge in [-0.15, -0.1) is 5.10 Å². The topological polar surface area (TPSA) is 111 Å². The van der Waals surface area contributed by atoms with E-state index >= 15 is 0 Å². The Hall–Kier alpha value is -3.20. The van der Waals surface area contributed by atoms with Gasteiger partial charge in [0, 0.05) is 12.0 Å². The maximum absolute atomic E-state index is 12.4. The molecule has 0 unspecified atom stereocenters. The predicted molar refractivity (Wildman–Crippen MR) is 108 cm³/mol. The van der Waals surface area contributed by atoms with Gasteiger partial charge in [0.1, 0.15) is 5.75 Å². The standard InChI is InChI=1S/C20H21N3O5S/c1-13-4-5-15(12-14(13)2)19-22-23-20(28-19)21-18(24)10-11-29(25,26)17-8-6-16(27-3)7-9-17/h4-9,12H,10-11H2,1-3H3,(H,21,23,24). The molecular weight excluding hydrogens is 394 g/mol. The molecule has 1 heterocycles. The maximum atomic E-state index is 12.4. The minimum Gasteiger partial charge on any atom is -0.497 e. The summed E-state index contributed by atoms with van der Waals surface area (Å²) in [6, 6.07) is 11.6. The van der Waals surface area contributed by atoms with Crippen molar-refractivity contribution in [1.82, 2.24) is 10.2 Å². The van der Waals surface area contributed by atoms with Crippen molar-refractivity contribution in [2.75, 3.05) is 18.2 Å². The molecule has 3 aromatic rings. The van der Waals surface area contributed by atoms with Crippen LogP contribution in [0.5, 0.6) is 5.75 Å². The lowest BCUT2D eigenvalue weighted by Crippen LogP contribution is -2.17. The van der Waals surface area contributed by atoms with E-state index in [0.717, 1.165) is 16.7 Å². The van der Waals surface area contributed by atoms with E-state index in [-0.39, 0.29) is 29.0 Å². The average molecular weight is 415 g/mol. The number of sulfone groups is 1.